The molecule has 50 heavy (non-hydrogen) atoms. The van der Waals surface area contributed by atoms with Crippen molar-refractivity contribution in [1.29, 1.82) is 0 Å². The van der Waals surface area contributed by atoms with Crippen molar-refractivity contribution in [2.45, 2.75) is 37.8 Å². The van der Waals surface area contributed by atoms with Gasteiger partial charge >= 0.3 is 0 Å². The van der Waals surface area contributed by atoms with E-state index in [0.717, 1.165) is 61.4 Å². The highest BCUT2D eigenvalue weighted by Gasteiger charge is 2.25. The number of fused-ring (bicyclic) bond motifs is 1. The smallest absolute Gasteiger partial charge is 0.253 e. The fourth-order valence-corrected chi connectivity index (χ4v) is 6.87. The lowest BCUT2D eigenvalue weighted by Crippen LogP contribution is -2.40. The maximum absolute atomic E-state index is 13.7. The van der Waals surface area contributed by atoms with Crippen molar-refractivity contribution in [2.24, 2.45) is 0 Å². The molecule has 0 radical (unpaired) electrons. The molecule has 1 amide bonds. The van der Waals surface area contributed by atoms with Crippen molar-refractivity contribution >= 4 is 22.9 Å². The molecular formula is C40H46FN5O4. The monoisotopic (exact) mass is 679 g/mol. The van der Waals surface area contributed by atoms with Crippen LogP contribution in [0.25, 0.3) is 11.0 Å². The first kappa shape index (κ1) is 34.8. The first-order valence-electron chi connectivity index (χ1n) is 17.2. The molecule has 0 aliphatic carbocycles. The van der Waals surface area contributed by atoms with Crippen molar-refractivity contribution in [3.8, 4) is 17.2 Å². The highest BCUT2D eigenvalue weighted by atomic mass is 19.1. The summed E-state index contributed by atoms with van der Waals surface area (Å²) in [6, 6.07) is 29.0. The third-order valence-corrected chi connectivity index (χ3v) is 9.65. The quantitative estimate of drug-likeness (QED) is 0.135. The molecule has 1 aliphatic rings. The minimum absolute atomic E-state index is 0.109. The van der Waals surface area contributed by atoms with E-state index in [1.54, 1.807) is 38.4 Å². The number of imidazole rings is 1. The van der Waals surface area contributed by atoms with Crippen molar-refractivity contribution in [3.63, 3.8) is 0 Å². The Morgan fingerprint density at radius 1 is 0.920 bits per heavy atom. The summed E-state index contributed by atoms with van der Waals surface area (Å²) in [6.07, 6.45) is 2.91. The first-order valence-corrected chi connectivity index (χ1v) is 17.2. The minimum atomic E-state index is -0.236. The van der Waals surface area contributed by atoms with E-state index in [9.17, 15) is 9.18 Å². The largest absolute Gasteiger partial charge is 0.493 e. The Labute approximate surface area is 293 Å². The molecular weight excluding hydrogens is 633 g/mol. The molecule has 4 aromatic carbocycles. The molecule has 262 valence electrons. The summed E-state index contributed by atoms with van der Waals surface area (Å²) >= 11 is 0. The van der Waals surface area contributed by atoms with Gasteiger partial charge in [-0.15, -0.1) is 0 Å². The van der Waals surface area contributed by atoms with Crippen LogP contribution in [-0.2, 0) is 6.54 Å². The number of halogens is 1. The Hall–Kier alpha value is -5.09. The lowest BCUT2D eigenvalue weighted by Gasteiger charge is -2.34. The van der Waals surface area contributed by atoms with Gasteiger partial charge in [-0.1, -0.05) is 54.6 Å². The second-order valence-electron chi connectivity index (χ2n) is 12.9. The van der Waals surface area contributed by atoms with Gasteiger partial charge in [0.1, 0.15) is 5.82 Å². The average molecular weight is 680 g/mol. The third-order valence-electron chi connectivity index (χ3n) is 9.65. The molecule has 0 saturated carbocycles. The van der Waals surface area contributed by atoms with Gasteiger partial charge in [0, 0.05) is 44.2 Å². The number of aromatic nitrogens is 2. The number of para-hydroxylation sites is 2. The Morgan fingerprint density at radius 3 is 2.24 bits per heavy atom. The van der Waals surface area contributed by atoms with Crippen LogP contribution < -0.4 is 19.5 Å². The highest BCUT2D eigenvalue weighted by Crippen LogP contribution is 2.38. The van der Waals surface area contributed by atoms with E-state index in [1.807, 2.05) is 43.4 Å². The molecule has 1 unspecified atom stereocenters. The van der Waals surface area contributed by atoms with E-state index in [0.29, 0.717) is 41.9 Å². The maximum atomic E-state index is 13.7. The summed E-state index contributed by atoms with van der Waals surface area (Å²) in [5.74, 6) is 2.02. The average Bonchev–Trinajstić information content (AvgIpc) is 3.50. The number of amides is 1. The topological polar surface area (TPSA) is 81.1 Å². The fourth-order valence-electron chi connectivity index (χ4n) is 6.87. The number of likely N-dealkylation sites (N-methyl/N-ethyl adjacent to an activating group) is 1. The van der Waals surface area contributed by atoms with Crippen LogP contribution >= 0.6 is 0 Å². The number of benzene rings is 4. The van der Waals surface area contributed by atoms with Gasteiger partial charge in [-0.3, -0.25) is 4.79 Å². The Bertz CT molecular complexity index is 1850. The van der Waals surface area contributed by atoms with Crippen LogP contribution in [0.4, 0.5) is 10.3 Å². The molecule has 1 atom stereocenters. The van der Waals surface area contributed by atoms with Crippen LogP contribution in [0, 0.1) is 5.82 Å². The van der Waals surface area contributed by atoms with Crippen LogP contribution in [0.1, 0.15) is 46.7 Å². The van der Waals surface area contributed by atoms with Gasteiger partial charge in [0.05, 0.1) is 38.9 Å². The molecule has 1 saturated heterocycles. The molecule has 2 heterocycles. The van der Waals surface area contributed by atoms with Gasteiger partial charge in [0.2, 0.25) is 11.7 Å². The number of ether oxygens (including phenoxy) is 3. The SMILES string of the molecule is COc1cc(C(=O)N(C)CC(CCN2CCC(Nc3nc4ccccc4n3Cc3ccc(F)cc3)CC2)c2ccccc2)cc(OC)c1OC. The van der Waals surface area contributed by atoms with Crippen molar-refractivity contribution < 1.29 is 23.4 Å². The first-order chi connectivity index (χ1) is 24.4. The van der Waals surface area contributed by atoms with E-state index in [-0.39, 0.29) is 17.6 Å². The summed E-state index contributed by atoms with van der Waals surface area (Å²) in [4.78, 5) is 22.9. The van der Waals surface area contributed by atoms with Gasteiger partial charge < -0.3 is 33.9 Å². The van der Waals surface area contributed by atoms with Crippen LogP contribution in [0.3, 0.4) is 0 Å². The number of rotatable bonds is 14. The predicted molar refractivity (Wildman–Crippen MR) is 195 cm³/mol. The highest BCUT2D eigenvalue weighted by molar-refractivity contribution is 5.95. The lowest BCUT2D eigenvalue weighted by molar-refractivity contribution is 0.0781. The number of methoxy groups -OCH3 is 3. The van der Waals surface area contributed by atoms with Gasteiger partial charge in [-0.05, 0) is 73.3 Å². The van der Waals surface area contributed by atoms with E-state index in [4.69, 9.17) is 19.2 Å². The van der Waals surface area contributed by atoms with E-state index >= 15 is 0 Å². The fraction of sp³-hybridized carbons (Fsp3) is 0.350. The Kier molecular flexibility index (Phi) is 11.2. The maximum Gasteiger partial charge on any atom is 0.253 e. The van der Waals surface area contributed by atoms with Gasteiger partial charge in [0.25, 0.3) is 5.91 Å². The number of anilines is 1. The van der Waals surface area contributed by atoms with Crippen LogP contribution in [0.5, 0.6) is 17.2 Å². The second kappa shape index (κ2) is 16.1. The van der Waals surface area contributed by atoms with Crippen molar-refractivity contribution in [2.75, 3.05) is 59.9 Å². The molecule has 1 aliphatic heterocycles. The third kappa shape index (κ3) is 8.03. The number of likely N-dealkylation sites (tertiary alicyclic amines) is 1. The van der Waals surface area contributed by atoms with E-state index in [1.165, 1.54) is 17.7 Å². The zero-order valence-corrected chi connectivity index (χ0v) is 29.3. The molecule has 1 N–H and O–H groups in total. The van der Waals surface area contributed by atoms with E-state index < -0.39 is 0 Å². The minimum Gasteiger partial charge on any atom is -0.493 e. The normalized spacial score (nSPS) is 14.3. The van der Waals surface area contributed by atoms with Gasteiger partial charge in [0.15, 0.2) is 11.5 Å². The van der Waals surface area contributed by atoms with E-state index in [2.05, 4.69) is 45.1 Å². The molecule has 1 aromatic heterocycles. The number of piperidine rings is 1. The number of carbonyl (C=O) groups excluding carboxylic acids is 1. The molecule has 6 rings (SSSR count). The van der Waals surface area contributed by atoms with Crippen LogP contribution in [-0.4, -0.2) is 85.9 Å². The lowest BCUT2D eigenvalue weighted by atomic mass is 9.94. The number of hydrogen-bond donors (Lipinski definition) is 1. The molecule has 1 fully saturated rings. The summed E-state index contributed by atoms with van der Waals surface area (Å²) in [6.45, 7) is 4.05. The summed E-state index contributed by atoms with van der Waals surface area (Å²) in [5.41, 5.74) is 4.71. The second-order valence-corrected chi connectivity index (χ2v) is 12.9. The van der Waals surface area contributed by atoms with Gasteiger partial charge in [-0.2, -0.15) is 0 Å². The zero-order valence-electron chi connectivity index (χ0n) is 29.3. The number of nitrogens with one attached hydrogen (secondary N) is 1. The molecule has 5 aromatic rings. The Morgan fingerprint density at radius 2 is 1.58 bits per heavy atom. The zero-order chi connectivity index (χ0) is 35.0. The van der Waals surface area contributed by atoms with Crippen LogP contribution in [0.15, 0.2) is 91.0 Å². The number of carbonyl (C=O) groups is 1. The number of nitrogens with zero attached hydrogens (tertiary/aromatic N) is 4. The summed E-state index contributed by atoms with van der Waals surface area (Å²) in [7, 11) is 6.49. The molecule has 0 bridgehead atoms. The summed E-state index contributed by atoms with van der Waals surface area (Å²) in [5, 5.41) is 3.74. The summed E-state index contributed by atoms with van der Waals surface area (Å²) < 4.78 is 32.2. The molecule has 0 spiro atoms. The standard InChI is InChI=1S/C40H46FN5O4/c1-44(39(47)31-24-36(48-2)38(50-4)37(25-31)49-3)27-30(29-10-6-5-7-11-29)18-21-45-22-19-33(20-23-45)42-40-43-34-12-8-9-13-35(34)46(40)26-28-14-16-32(41)17-15-28/h5-17,24-25,30,33H,18-23,26-27H2,1-4H3,(H,42,43). The molecule has 9 nitrogen and oxygen atoms in total. The Balaban J connectivity index is 1.08. The van der Waals surface area contributed by atoms with Crippen molar-refractivity contribution in [3.05, 3.63) is 114 Å². The molecule has 10 heteroatoms. The van der Waals surface area contributed by atoms with Gasteiger partial charge in [-0.25, -0.2) is 9.37 Å². The van der Waals surface area contributed by atoms with Crippen molar-refractivity contribution in [1.82, 2.24) is 19.4 Å². The predicted octanol–water partition coefficient (Wildman–Crippen LogP) is 7.07. The number of hydrogen-bond acceptors (Lipinski definition) is 7. The van der Waals surface area contributed by atoms with Crippen LogP contribution in [0.2, 0.25) is 0 Å².